The summed E-state index contributed by atoms with van der Waals surface area (Å²) in [5.74, 6) is 7.44. The van der Waals surface area contributed by atoms with Crippen LogP contribution in [0.25, 0.3) is 0 Å². The zero-order chi connectivity index (χ0) is 12.8. The Hall–Kier alpha value is -1.95. The van der Waals surface area contributed by atoms with Gasteiger partial charge in [-0.2, -0.15) is 0 Å². The first-order chi connectivity index (χ1) is 8.83. The molecule has 1 aromatic rings. The van der Waals surface area contributed by atoms with Crippen molar-refractivity contribution < 1.29 is 9.47 Å². The second-order valence-corrected chi connectivity index (χ2v) is 3.92. The molecular weight excluding hydrogens is 232 g/mol. The van der Waals surface area contributed by atoms with Gasteiger partial charge in [0.2, 0.25) is 12.8 Å². The summed E-state index contributed by atoms with van der Waals surface area (Å²) in [6.45, 7) is 3.13. The molecule has 0 aliphatic carbocycles. The first-order valence-electron chi connectivity index (χ1n) is 6.01. The average molecular weight is 250 g/mol. The molecule has 0 unspecified atom stereocenters. The van der Waals surface area contributed by atoms with Gasteiger partial charge >= 0.3 is 0 Å². The molecule has 1 aliphatic rings. The molecule has 98 valence electrons. The van der Waals surface area contributed by atoms with E-state index in [1.165, 1.54) is 0 Å². The molecule has 2 rings (SSSR count). The Kier molecular flexibility index (Phi) is 4.25. The molecule has 0 aromatic heterocycles. The maximum Gasteiger partial charge on any atom is 0.231 e. The lowest BCUT2D eigenvalue weighted by molar-refractivity contribution is 0.174. The van der Waals surface area contributed by atoms with E-state index in [0.717, 1.165) is 36.6 Å². The van der Waals surface area contributed by atoms with Crippen LogP contribution in [0, 0.1) is 0 Å². The van der Waals surface area contributed by atoms with Gasteiger partial charge in [-0.1, -0.05) is 13.3 Å². The van der Waals surface area contributed by atoms with Crippen LogP contribution in [-0.4, -0.2) is 19.3 Å². The number of aliphatic imine (C=N–C) groups is 1. The van der Waals surface area contributed by atoms with E-state index in [0.29, 0.717) is 5.96 Å². The van der Waals surface area contributed by atoms with Gasteiger partial charge in [-0.15, -0.1) is 0 Å². The number of hydrazine groups is 1. The third-order valence-corrected chi connectivity index (χ3v) is 2.55. The number of guanidine groups is 1. The molecule has 0 atom stereocenters. The van der Waals surface area contributed by atoms with Crippen LogP contribution in [0.3, 0.4) is 0 Å². The van der Waals surface area contributed by atoms with Gasteiger partial charge in [0, 0.05) is 18.3 Å². The van der Waals surface area contributed by atoms with E-state index in [9.17, 15) is 0 Å². The zero-order valence-corrected chi connectivity index (χ0v) is 10.4. The fourth-order valence-corrected chi connectivity index (χ4v) is 1.58. The van der Waals surface area contributed by atoms with Crippen molar-refractivity contribution in [3.8, 4) is 11.5 Å². The highest BCUT2D eigenvalue weighted by Crippen LogP contribution is 2.34. The topological polar surface area (TPSA) is 80.9 Å². The van der Waals surface area contributed by atoms with Crippen LogP contribution in [0.1, 0.15) is 19.8 Å². The molecule has 0 amide bonds. The van der Waals surface area contributed by atoms with Crippen molar-refractivity contribution in [3.63, 3.8) is 0 Å². The molecule has 1 aliphatic heterocycles. The maximum absolute atomic E-state index is 5.42. The van der Waals surface area contributed by atoms with Crippen molar-refractivity contribution in [2.75, 3.05) is 18.7 Å². The molecule has 4 N–H and O–H groups in total. The van der Waals surface area contributed by atoms with Crippen molar-refractivity contribution in [1.82, 2.24) is 5.43 Å². The minimum atomic E-state index is 0.269. The predicted molar refractivity (Wildman–Crippen MR) is 70.7 cm³/mol. The van der Waals surface area contributed by atoms with E-state index in [1.807, 2.05) is 18.2 Å². The minimum absolute atomic E-state index is 0.269. The molecule has 1 heterocycles. The highest BCUT2D eigenvalue weighted by atomic mass is 16.7. The number of benzene rings is 1. The van der Waals surface area contributed by atoms with E-state index in [4.69, 9.17) is 15.3 Å². The van der Waals surface area contributed by atoms with Crippen molar-refractivity contribution in [1.29, 1.82) is 0 Å². The van der Waals surface area contributed by atoms with Crippen molar-refractivity contribution in [2.24, 2.45) is 10.8 Å². The Morgan fingerprint density at radius 1 is 1.39 bits per heavy atom. The highest BCUT2D eigenvalue weighted by Gasteiger charge is 2.13. The third-order valence-electron chi connectivity index (χ3n) is 2.55. The standard InChI is InChI=1S/C12H18N4O2/c1-2-3-6-14-12(16-13)15-9-4-5-10-11(7-9)18-8-17-10/h4-5,7H,2-3,6,8,13H2,1H3,(H2,14,15,16). The number of rotatable bonds is 4. The summed E-state index contributed by atoms with van der Waals surface area (Å²) in [6.07, 6.45) is 2.14. The normalized spacial score (nSPS) is 13.6. The van der Waals surface area contributed by atoms with Crippen LogP contribution < -0.4 is 26.1 Å². The van der Waals surface area contributed by atoms with Gasteiger partial charge in [-0.25, -0.2) is 5.84 Å². The minimum Gasteiger partial charge on any atom is -0.454 e. The van der Waals surface area contributed by atoms with Gasteiger partial charge in [0.1, 0.15) is 0 Å². The Morgan fingerprint density at radius 2 is 2.22 bits per heavy atom. The Labute approximate surface area is 106 Å². The SMILES string of the molecule is CCCCN=C(NN)Nc1ccc2c(c1)OCO2. The van der Waals surface area contributed by atoms with Crippen LogP contribution in [0.4, 0.5) is 5.69 Å². The van der Waals surface area contributed by atoms with E-state index in [2.05, 4.69) is 22.7 Å². The van der Waals surface area contributed by atoms with Crippen molar-refractivity contribution in [3.05, 3.63) is 18.2 Å². The molecule has 0 radical (unpaired) electrons. The Bertz CT molecular complexity index is 434. The van der Waals surface area contributed by atoms with Crippen LogP contribution in [0.5, 0.6) is 11.5 Å². The number of fused-ring (bicyclic) bond motifs is 1. The monoisotopic (exact) mass is 250 g/mol. The number of nitrogens with one attached hydrogen (secondary N) is 2. The van der Waals surface area contributed by atoms with Gasteiger partial charge in [-0.3, -0.25) is 10.4 Å². The molecule has 6 heteroatoms. The summed E-state index contributed by atoms with van der Waals surface area (Å²) < 4.78 is 10.5. The lowest BCUT2D eigenvalue weighted by Gasteiger charge is -2.09. The van der Waals surface area contributed by atoms with E-state index in [1.54, 1.807) is 0 Å². The first kappa shape index (κ1) is 12.5. The average Bonchev–Trinajstić information content (AvgIpc) is 2.85. The summed E-state index contributed by atoms with van der Waals surface area (Å²) in [6, 6.07) is 5.60. The second-order valence-electron chi connectivity index (χ2n) is 3.92. The van der Waals surface area contributed by atoms with Crippen LogP contribution in [-0.2, 0) is 0 Å². The van der Waals surface area contributed by atoms with Gasteiger partial charge < -0.3 is 14.8 Å². The van der Waals surface area contributed by atoms with Crippen molar-refractivity contribution >= 4 is 11.6 Å². The maximum atomic E-state index is 5.42. The van der Waals surface area contributed by atoms with E-state index >= 15 is 0 Å². The van der Waals surface area contributed by atoms with Crippen LogP contribution >= 0.6 is 0 Å². The van der Waals surface area contributed by atoms with E-state index in [-0.39, 0.29) is 6.79 Å². The number of nitrogens with zero attached hydrogens (tertiary/aromatic N) is 1. The molecule has 6 nitrogen and oxygen atoms in total. The van der Waals surface area contributed by atoms with Gasteiger partial charge in [-0.05, 0) is 18.6 Å². The molecule has 0 fully saturated rings. The molecule has 0 saturated heterocycles. The second kappa shape index (κ2) is 6.11. The van der Waals surface area contributed by atoms with Crippen LogP contribution in [0.15, 0.2) is 23.2 Å². The number of unbranched alkanes of at least 4 members (excludes halogenated alkanes) is 1. The zero-order valence-electron chi connectivity index (χ0n) is 10.4. The fourth-order valence-electron chi connectivity index (χ4n) is 1.58. The summed E-state index contributed by atoms with van der Waals surface area (Å²) >= 11 is 0. The summed E-state index contributed by atoms with van der Waals surface area (Å²) in [4.78, 5) is 4.32. The number of ether oxygens (including phenoxy) is 2. The number of hydrogen-bond donors (Lipinski definition) is 3. The number of anilines is 1. The lowest BCUT2D eigenvalue weighted by atomic mass is 10.3. The first-order valence-corrected chi connectivity index (χ1v) is 6.01. The number of hydrogen-bond acceptors (Lipinski definition) is 4. The largest absolute Gasteiger partial charge is 0.454 e. The Balaban J connectivity index is 2.01. The Morgan fingerprint density at radius 3 is 3.00 bits per heavy atom. The summed E-state index contributed by atoms with van der Waals surface area (Å²) in [7, 11) is 0. The molecular formula is C12H18N4O2. The highest BCUT2D eigenvalue weighted by molar-refractivity contribution is 5.93. The van der Waals surface area contributed by atoms with Crippen LogP contribution in [0.2, 0.25) is 0 Å². The molecule has 1 aromatic carbocycles. The molecule has 18 heavy (non-hydrogen) atoms. The van der Waals surface area contributed by atoms with Crippen molar-refractivity contribution in [2.45, 2.75) is 19.8 Å². The van der Waals surface area contributed by atoms with E-state index < -0.39 is 0 Å². The lowest BCUT2D eigenvalue weighted by Crippen LogP contribution is -2.36. The smallest absolute Gasteiger partial charge is 0.231 e. The third kappa shape index (κ3) is 3.04. The summed E-state index contributed by atoms with van der Waals surface area (Å²) in [5, 5.41) is 3.10. The molecule has 0 saturated carbocycles. The van der Waals surface area contributed by atoms with Gasteiger partial charge in [0.05, 0.1) is 0 Å². The molecule has 0 spiro atoms. The van der Waals surface area contributed by atoms with Gasteiger partial charge in [0.25, 0.3) is 0 Å². The van der Waals surface area contributed by atoms with Gasteiger partial charge in [0.15, 0.2) is 11.5 Å². The number of nitrogens with two attached hydrogens (primary N) is 1. The predicted octanol–water partition coefficient (Wildman–Crippen LogP) is 1.45. The summed E-state index contributed by atoms with van der Waals surface area (Å²) in [5.41, 5.74) is 3.40. The quantitative estimate of drug-likeness (QED) is 0.248. The fraction of sp³-hybridized carbons (Fsp3) is 0.417. The molecule has 0 bridgehead atoms.